The predicted octanol–water partition coefficient (Wildman–Crippen LogP) is 0.522. The van der Waals surface area contributed by atoms with Crippen molar-refractivity contribution in [2.75, 3.05) is 13.1 Å². The van der Waals surface area contributed by atoms with Crippen LogP contribution in [0.2, 0.25) is 0 Å². The quantitative estimate of drug-likeness (QED) is 0.640. The van der Waals surface area contributed by atoms with Gasteiger partial charge in [0.2, 0.25) is 5.91 Å². The number of hydrogen-bond acceptors (Lipinski definition) is 3. The molecule has 100 valence electrons. The Morgan fingerprint density at radius 2 is 1.72 bits per heavy atom. The van der Waals surface area contributed by atoms with Crippen LogP contribution in [0, 0.1) is 11.8 Å². The van der Waals surface area contributed by atoms with Crippen LogP contribution in [0.3, 0.4) is 0 Å². The summed E-state index contributed by atoms with van der Waals surface area (Å²) in [5, 5.41) is 15.4. The van der Waals surface area contributed by atoms with Crippen LogP contribution >= 0.6 is 0 Å². The number of carboxylic acid groups (broad SMARTS) is 1. The second kappa shape index (κ2) is 6.00. The summed E-state index contributed by atoms with van der Waals surface area (Å²) in [6.45, 7) is 1.83. The second-order valence-corrected chi connectivity index (χ2v) is 5.03. The lowest BCUT2D eigenvalue weighted by Crippen LogP contribution is -2.47. The van der Waals surface area contributed by atoms with E-state index in [1.807, 2.05) is 12.2 Å². The van der Waals surface area contributed by atoms with E-state index in [-0.39, 0.29) is 11.9 Å². The minimum absolute atomic E-state index is 0.0985. The summed E-state index contributed by atoms with van der Waals surface area (Å²) in [4.78, 5) is 23.3. The summed E-state index contributed by atoms with van der Waals surface area (Å²) in [5.41, 5.74) is 0. The number of piperidine rings is 1. The molecule has 5 heteroatoms. The zero-order valence-corrected chi connectivity index (χ0v) is 10.4. The normalized spacial score (nSPS) is 28.9. The first kappa shape index (κ1) is 13.1. The smallest absolute Gasteiger partial charge is 0.307 e. The van der Waals surface area contributed by atoms with Crippen molar-refractivity contribution in [2.24, 2.45) is 11.8 Å². The molecule has 2 rings (SSSR count). The van der Waals surface area contributed by atoms with E-state index in [0.717, 1.165) is 25.9 Å². The fraction of sp³-hybridized carbons (Fsp3) is 0.692. The first-order valence-electron chi connectivity index (χ1n) is 6.57. The van der Waals surface area contributed by atoms with Gasteiger partial charge in [0.25, 0.3) is 0 Å². The Hall–Kier alpha value is -1.36. The number of carbonyl (C=O) groups excluding carboxylic acids is 1. The molecule has 1 aliphatic heterocycles. The van der Waals surface area contributed by atoms with Gasteiger partial charge in [-0.15, -0.1) is 0 Å². The molecule has 1 saturated heterocycles. The van der Waals surface area contributed by atoms with Crippen molar-refractivity contribution in [1.82, 2.24) is 10.6 Å². The highest BCUT2D eigenvalue weighted by molar-refractivity contribution is 5.85. The highest BCUT2D eigenvalue weighted by Crippen LogP contribution is 2.26. The number of aliphatic carboxylic acids is 1. The first-order chi connectivity index (χ1) is 8.68. The van der Waals surface area contributed by atoms with Gasteiger partial charge in [-0.05, 0) is 38.8 Å². The molecule has 0 spiro atoms. The van der Waals surface area contributed by atoms with Crippen molar-refractivity contribution in [2.45, 2.75) is 31.7 Å². The van der Waals surface area contributed by atoms with Gasteiger partial charge in [-0.3, -0.25) is 9.59 Å². The molecule has 2 atom stereocenters. The monoisotopic (exact) mass is 252 g/mol. The molecule has 0 aromatic heterocycles. The van der Waals surface area contributed by atoms with Crippen LogP contribution in [0.5, 0.6) is 0 Å². The minimum atomic E-state index is -0.871. The summed E-state index contributed by atoms with van der Waals surface area (Å²) < 4.78 is 0. The molecule has 0 radical (unpaired) electrons. The summed E-state index contributed by atoms with van der Waals surface area (Å²) in [6, 6.07) is 0.194. The standard InChI is InChI=1S/C13H20N2O3/c16-12(15-9-5-7-14-8-6-9)10-3-1-2-4-11(10)13(17)18/h1-2,9-11,14H,3-8H2,(H,15,16)(H,17,18)/t10-,11+/m1/s1. The Kier molecular flexibility index (Phi) is 4.36. The van der Waals surface area contributed by atoms with Gasteiger partial charge in [0.1, 0.15) is 0 Å². The van der Waals surface area contributed by atoms with Crippen molar-refractivity contribution in [1.29, 1.82) is 0 Å². The molecule has 2 aliphatic rings. The fourth-order valence-electron chi connectivity index (χ4n) is 2.65. The van der Waals surface area contributed by atoms with Gasteiger partial charge in [0, 0.05) is 6.04 Å². The Labute approximate surface area is 107 Å². The van der Waals surface area contributed by atoms with Gasteiger partial charge in [-0.25, -0.2) is 0 Å². The van der Waals surface area contributed by atoms with E-state index in [1.54, 1.807) is 0 Å². The zero-order valence-electron chi connectivity index (χ0n) is 10.4. The molecule has 0 saturated carbocycles. The van der Waals surface area contributed by atoms with Gasteiger partial charge in [0.15, 0.2) is 0 Å². The fourth-order valence-corrected chi connectivity index (χ4v) is 2.65. The maximum Gasteiger partial charge on any atom is 0.307 e. The molecule has 3 N–H and O–H groups in total. The average molecular weight is 252 g/mol. The number of carboxylic acids is 1. The van der Waals surface area contributed by atoms with E-state index in [0.29, 0.717) is 12.8 Å². The molecule has 1 heterocycles. The molecule has 0 aromatic carbocycles. The van der Waals surface area contributed by atoms with Crippen molar-refractivity contribution < 1.29 is 14.7 Å². The number of amides is 1. The van der Waals surface area contributed by atoms with Crippen LogP contribution in [-0.4, -0.2) is 36.1 Å². The highest BCUT2D eigenvalue weighted by atomic mass is 16.4. The molecule has 18 heavy (non-hydrogen) atoms. The van der Waals surface area contributed by atoms with Crippen molar-refractivity contribution >= 4 is 11.9 Å². The topological polar surface area (TPSA) is 78.4 Å². The summed E-state index contributed by atoms with van der Waals surface area (Å²) in [6.07, 6.45) is 6.60. The van der Waals surface area contributed by atoms with Crippen LogP contribution in [0.15, 0.2) is 12.2 Å². The number of rotatable bonds is 3. The van der Waals surface area contributed by atoms with E-state index in [2.05, 4.69) is 10.6 Å². The number of carbonyl (C=O) groups is 2. The predicted molar refractivity (Wildman–Crippen MR) is 67.0 cm³/mol. The SMILES string of the molecule is O=C(O)[C@H]1CC=CC[C@H]1C(=O)NC1CCNCC1. The van der Waals surface area contributed by atoms with E-state index < -0.39 is 17.8 Å². The molecular formula is C13H20N2O3. The lowest BCUT2D eigenvalue weighted by Gasteiger charge is -2.29. The third-order valence-corrected chi connectivity index (χ3v) is 3.77. The second-order valence-electron chi connectivity index (χ2n) is 5.03. The van der Waals surface area contributed by atoms with Crippen LogP contribution < -0.4 is 10.6 Å². The minimum Gasteiger partial charge on any atom is -0.481 e. The third-order valence-electron chi connectivity index (χ3n) is 3.77. The third kappa shape index (κ3) is 3.10. The Bertz CT molecular complexity index is 348. The maximum absolute atomic E-state index is 12.2. The Morgan fingerprint density at radius 3 is 2.33 bits per heavy atom. The van der Waals surface area contributed by atoms with E-state index >= 15 is 0 Å². The zero-order chi connectivity index (χ0) is 13.0. The van der Waals surface area contributed by atoms with Gasteiger partial charge in [-0.1, -0.05) is 12.2 Å². The maximum atomic E-state index is 12.2. The van der Waals surface area contributed by atoms with Crippen LogP contribution in [-0.2, 0) is 9.59 Å². The van der Waals surface area contributed by atoms with E-state index in [1.165, 1.54) is 0 Å². The molecule has 0 unspecified atom stereocenters. The Balaban J connectivity index is 1.93. The van der Waals surface area contributed by atoms with Gasteiger partial charge in [-0.2, -0.15) is 0 Å². The van der Waals surface area contributed by atoms with Gasteiger partial charge in [0.05, 0.1) is 11.8 Å². The summed E-state index contributed by atoms with van der Waals surface area (Å²) >= 11 is 0. The lowest BCUT2D eigenvalue weighted by molar-refractivity contribution is -0.147. The largest absolute Gasteiger partial charge is 0.481 e. The lowest BCUT2D eigenvalue weighted by atomic mass is 9.82. The van der Waals surface area contributed by atoms with E-state index in [9.17, 15) is 9.59 Å². The van der Waals surface area contributed by atoms with Crippen molar-refractivity contribution in [3.05, 3.63) is 12.2 Å². The number of allylic oxidation sites excluding steroid dienone is 2. The first-order valence-corrected chi connectivity index (χ1v) is 6.57. The molecule has 5 nitrogen and oxygen atoms in total. The number of hydrogen-bond donors (Lipinski definition) is 3. The van der Waals surface area contributed by atoms with Crippen molar-refractivity contribution in [3.8, 4) is 0 Å². The number of nitrogens with one attached hydrogen (secondary N) is 2. The van der Waals surface area contributed by atoms with Crippen LogP contribution in [0.1, 0.15) is 25.7 Å². The average Bonchev–Trinajstić information content (AvgIpc) is 2.40. The molecule has 0 bridgehead atoms. The van der Waals surface area contributed by atoms with Crippen LogP contribution in [0.4, 0.5) is 0 Å². The highest BCUT2D eigenvalue weighted by Gasteiger charge is 2.34. The molecule has 1 aliphatic carbocycles. The molecule has 1 amide bonds. The van der Waals surface area contributed by atoms with Crippen molar-refractivity contribution in [3.63, 3.8) is 0 Å². The molecular weight excluding hydrogens is 232 g/mol. The summed E-state index contributed by atoms with van der Waals surface area (Å²) in [7, 11) is 0. The van der Waals surface area contributed by atoms with Gasteiger partial charge < -0.3 is 15.7 Å². The van der Waals surface area contributed by atoms with Gasteiger partial charge >= 0.3 is 5.97 Å². The summed E-state index contributed by atoms with van der Waals surface area (Å²) in [5.74, 6) is -1.96. The Morgan fingerprint density at radius 1 is 1.11 bits per heavy atom. The van der Waals surface area contributed by atoms with Crippen LogP contribution in [0.25, 0.3) is 0 Å². The molecule has 0 aromatic rings. The van der Waals surface area contributed by atoms with E-state index in [4.69, 9.17) is 5.11 Å². The molecule has 1 fully saturated rings.